The summed E-state index contributed by atoms with van der Waals surface area (Å²) in [5.74, 6) is 0. The van der Waals surface area contributed by atoms with Gasteiger partial charge < -0.3 is 9.67 Å². The smallest absolute Gasteiger partial charge is 0.417 e. The average Bonchev–Trinajstić information content (AvgIpc) is 0.918. The lowest BCUT2D eigenvalue weighted by atomic mass is 16.0. The Hall–Kier alpha value is 0.360. The van der Waals surface area contributed by atoms with Crippen LogP contribution in [0.3, 0.4) is 0 Å². The highest BCUT2D eigenvalue weighted by Crippen LogP contribution is 1.13. The highest BCUT2D eigenvalue weighted by Gasteiger charge is 1.51. The Kier molecular flexibility index (Phi) is 22.4. The van der Waals surface area contributed by atoms with Crippen LogP contribution in [0, 0.1) is 15.5 Å². The molecule has 0 aliphatic carbocycles. The molecule has 0 aromatic heterocycles. The van der Waals surface area contributed by atoms with Gasteiger partial charge in [0.1, 0.15) is 0 Å². The van der Waals surface area contributed by atoms with Gasteiger partial charge in [-0.05, 0) is 0 Å². The van der Waals surface area contributed by atoms with E-state index >= 15 is 0 Å². The first-order chi connectivity index (χ1) is 1.41. The van der Waals surface area contributed by atoms with Gasteiger partial charge >= 0.3 is 15.5 Å². The number of hydrogen-bond donors (Lipinski definition) is 1. The van der Waals surface area contributed by atoms with Gasteiger partial charge in [-0.25, -0.2) is 0 Å². The second-order valence-corrected chi connectivity index (χ2v) is 0.359. The second-order valence-electron chi connectivity index (χ2n) is 0.0690. The zero-order valence-electron chi connectivity index (χ0n) is 1.73. The van der Waals surface area contributed by atoms with E-state index in [1.165, 1.54) is 0 Å². The van der Waals surface area contributed by atoms with Gasteiger partial charge in [-0.1, -0.05) is 0 Å². The third kappa shape index (κ3) is 33.7. The van der Waals surface area contributed by atoms with Crippen LogP contribution in [0.4, 0.5) is 0 Å². The zero-order chi connectivity index (χ0) is 2.71. The fourth-order valence-corrected chi connectivity index (χ4v) is 0. The summed E-state index contributed by atoms with van der Waals surface area (Å²) in [7, 11) is 0. The Bertz CT molecular complexity index is 3.25. The summed E-state index contributed by atoms with van der Waals surface area (Å²) in [6, 6.07) is 0. The molecule has 0 fully saturated rings. The molecule has 28 valence electrons. The number of hydrogen-bond acceptors (Lipinski definition) is 2. The largest absolute Gasteiger partial charge is 0.551 e. The van der Waals surface area contributed by atoms with Crippen LogP contribution in [0.2, 0.25) is 0 Å². The van der Waals surface area contributed by atoms with E-state index in [-0.39, 0.29) is 5.48 Å². The first-order valence-electron chi connectivity index (χ1n) is 0.323. The lowest BCUT2D eigenvalue weighted by Gasteiger charge is -1.45. The SMILES string of the molecule is O.[O-][Br+]O. The summed E-state index contributed by atoms with van der Waals surface area (Å²) < 4.78 is 15.6. The van der Waals surface area contributed by atoms with E-state index in [2.05, 4.69) is 0 Å². The Morgan fingerprint density at radius 3 is 1.75 bits per heavy atom. The van der Waals surface area contributed by atoms with Crippen LogP contribution in [0.25, 0.3) is 0 Å². The monoisotopic (exact) mass is 130 g/mol. The lowest BCUT2D eigenvalue weighted by Crippen LogP contribution is -1.94. The summed E-state index contributed by atoms with van der Waals surface area (Å²) in [6.07, 6.45) is 0. The van der Waals surface area contributed by atoms with E-state index in [9.17, 15) is 0 Å². The minimum atomic E-state index is -1.19. The summed E-state index contributed by atoms with van der Waals surface area (Å²) in [5, 5.41) is 0. The molecule has 0 amide bonds. The molecule has 3 N–H and O–H groups in total. The van der Waals surface area contributed by atoms with Gasteiger partial charge in [0, 0.05) is 0 Å². The van der Waals surface area contributed by atoms with Gasteiger partial charge in [0.15, 0.2) is 0 Å². The van der Waals surface area contributed by atoms with Crippen LogP contribution in [-0.4, -0.2) is 9.67 Å². The number of rotatable bonds is 0. The van der Waals surface area contributed by atoms with Crippen molar-refractivity contribution < 1.29 is 29.4 Å². The predicted octanol–water partition coefficient (Wildman–Crippen LogP) is -2.57. The molecule has 0 atom stereocenters. The van der Waals surface area contributed by atoms with E-state index in [4.69, 9.17) is 8.40 Å². The van der Waals surface area contributed by atoms with Crippen LogP contribution >= 0.6 is 0 Å². The molecular weight excluding hydrogens is 128 g/mol. The van der Waals surface area contributed by atoms with Crippen LogP contribution < -0.4 is 4.20 Å². The molecule has 4 heavy (non-hydrogen) atoms. The Morgan fingerprint density at radius 2 is 1.75 bits per heavy atom. The molecule has 0 saturated heterocycles. The van der Waals surface area contributed by atoms with E-state index in [1.807, 2.05) is 0 Å². The normalized spacial score (nSPS) is 4.50. The molecule has 4 heteroatoms. The molecule has 0 spiro atoms. The van der Waals surface area contributed by atoms with Crippen LogP contribution in [-0.2, 0) is 0 Å². The molecule has 3 nitrogen and oxygen atoms in total. The van der Waals surface area contributed by atoms with E-state index < -0.39 is 15.5 Å². The molecule has 0 bridgehead atoms. The molecule has 0 saturated carbocycles. The van der Waals surface area contributed by atoms with Crippen molar-refractivity contribution in [2.45, 2.75) is 0 Å². The van der Waals surface area contributed by atoms with Crippen molar-refractivity contribution in [1.82, 2.24) is 0 Å². The summed E-state index contributed by atoms with van der Waals surface area (Å²) in [5.41, 5.74) is 0. The fourth-order valence-electron chi connectivity index (χ4n) is 0. The maximum absolute atomic E-state index is 8.52. The van der Waals surface area contributed by atoms with Crippen molar-refractivity contribution in [2.24, 2.45) is 0 Å². The first-order valence-corrected chi connectivity index (χ1v) is 1.68. The molecule has 0 aromatic carbocycles. The summed E-state index contributed by atoms with van der Waals surface area (Å²) >= 11 is -1.19. The molecule has 0 heterocycles. The highest BCUT2D eigenvalue weighted by atomic mass is 79.9. The number of halogens is 1. The van der Waals surface area contributed by atoms with Crippen molar-refractivity contribution in [3.8, 4) is 0 Å². The summed E-state index contributed by atoms with van der Waals surface area (Å²) in [6.45, 7) is 0. The minimum absolute atomic E-state index is 0. The van der Waals surface area contributed by atoms with Crippen LogP contribution in [0.15, 0.2) is 0 Å². The van der Waals surface area contributed by atoms with E-state index in [0.29, 0.717) is 0 Å². The summed E-state index contributed by atoms with van der Waals surface area (Å²) in [4.78, 5) is 0. The van der Waals surface area contributed by atoms with Gasteiger partial charge in [0.05, 0.1) is 0 Å². The molecule has 0 radical (unpaired) electrons. The second kappa shape index (κ2) is 10.1. The van der Waals surface area contributed by atoms with E-state index in [1.54, 1.807) is 0 Å². The van der Waals surface area contributed by atoms with Crippen molar-refractivity contribution in [3.63, 3.8) is 0 Å². The van der Waals surface area contributed by atoms with Crippen molar-refractivity contribution in [1.29, 1.82) is 0 Å². The molecular formula is H3BrO3. The van der Waals surface area contributed by atoms with Crippen molar-refractivity contribution in [2.75, 3.05) is 0 Å². The van der Waals surface area contributed by atoms with Crippen molar-refractivity contribution in [3.05, 3.63) is 0 Å². The first kappa shape index (κ1) is 8.84. The third-order valence-corrected chi connectivity index (χ3v) is 0. The third-order valence-electron chi connectivity index (χ3n) is 0. The van der Waals surface area contributed by atoms with Gasteiger partial charge in [-0.15, -0.1) is 0 Å². The Balaban J connectivity index is 0. The van der Waals surface area contributed by atoms with Gasteiger partial charge in [0.2, 0.25) is 0 Å². The predicted molar refractivity (Wildman–Crippen MR) is 5.83 cm³/mol. The van der Waals surface area contributed by atoms with Gasteiger partial charge in [0.25, 0.3) is 0 Å². The highest BCUT2D eigenvalue weighted by molar-refractivity contribution is 1.71. The average molecular weight is 131 g/mol. The standard InChI is InChI=1S/BrHO2.H2O/c2-1-3;/h2H;1H2. The maximum atomic E-state index is 8.52. The Labute approximate surface area is 30.3 Å². The van der Waals surface area contributed by atoms with Gasteiger partial charge in [-0.3, -0.25) is 0 Å². The van der Waals surface area contributed by atoms with Crippen LogP contribution in [0.5, 0.6) is 0 Å². The Morgan fingerprint density at radius 1 is 1.75 bits per heavy atom. The molecule has 0 aromatic rings. The lowest BCUT2D eigenvalue weighted by molar-refractivity contribution is -1.27. The van der Waals surface area contributed by atoms with Gasteiger partial charge in [-0.2, -0.15) is 4.20 Å². The topological polar surface area (TPSA) is 74.8 Å². The maximum Gasteiger partial charge on any atom is 0.417 e. The fraction of sp³-hybridized carbons (Fsp3) is 0. The zero-order valence-corrected chi connectivity index (χ0v) is 3.32. The van der Waals surface area contributed by atoms with Crippen LogP contribution in [0.1, 0.15) is 0 Å². The minimum Gasteiger partial charge on any atom is -0.551 e. The quantitative estimate of drug-likeness (QED) is 0.392. The molecule has 0 unspecified atom stereocenters. The van der Waals surface area contributed by atoms with E-state index in [0.717, 1.165) is 0 Å². The molecule has 0 aliphatic rings. The molecule has 0 aliphatic heterocycles. The van der Waals surface area contributed by atoms with Crippen molar-refractivity contribution >= 4 is 0 Å². The molecule has 0 rings (SSSR count).